The van der Waals surface area contributed by atoms with Crippen LogP contribution in [0.15, 0.2) is 103 Å². The highest BCUT2D eigenvalue weighted by molar-refractivity contribution is 6.30. The van der Waals surface area contributed by atoms with E-state index in [1.807, 2.05) is 31.2 Å². The summed E-state index contributed by atoms with van der Waals surface area (Å²) in [5, 5.41) is 12.0. The van der Waals surface area contributed by atoms with Crippen LogP contribution in [0.3, 0.4) is 0 Å². The standard InChI is InChI=1S/C41H35ClFN3O5/c1-3-23-4-15-29(16-5-23)45-37(48)31-18-17-30-32(35(31)39(45)50)21-33-38(49)46(44-28-13-11-27(43)12-14-28)40(51)41(33,25-7-9-26(42)10-8-25)36(30)24-6-19-34(47)22(2)20-24/h4-17,19-20,31-33,35-36,44,47H,3,18,21H2,1-2H3/t31-,32+,33-,35-,36-,41+/m0/s1. The largest absolute Gasteiger partial charge is 0.508 e. The summed E-state index contributed by atoms with van der Waals surface area (Å²) in [6.07, 6.45) is 3.24. The lowest BCUT2D eigenvalue weighted by Crippen LogP contribution is -2.53. The Morgan fingerprint density at radius 2 is 1.59 bits per heavy atom. The smallest absolute Gasteiger partial charge is 0.260 e. The summed E-state index contributed by atoms with van der Waals surface area (Å²) in [6, 6.07) is 24.9. The molecule has 4 amide bonds. The molecule has 0 radical (unpaired) electrons. The van der Waals surface area contributed by atoms with Crippen LogP contribution in [0.2, 0.25) is 5.02 Å². The molecule has 51 heavy (non-hydrogen) atoms. The molecule has 2 heterocycles. The lowest BCUT2D eigenvalue weighted by Gasteiger charge is -2.50. The van der Waals surface area contributed by atoms with E-state index in [2.05, 4.69) is 5.43 Å². The first kappa shape index (κ1) is 32.9. The van der Waals surface area contributed by atoms with Crippen molar-refractivity contribution in [2.24, 2.45) is 23.7 Å². The molecular weight excluding hydrogens is 669 g/mol. The van der Waals surface area contributed by atoms with E-state index in [-0.39, 0.29) is 24.0 Å². The molecule has 0 aromatic heterocycles. The van der Waals surface area contributed by atoms with Gasteiger partial charge in [-0.1, -0.05) is 66.6 Å². The van der Waals surface area contributed by atoms with E-state index in [4.69, 9.17) is 11.6 Å². The van der Waals surface area contributed by atoms with Gasteiger partial charge < -0.3 is 5.11 Å². The Balaban J connectivity index is 1.31. The van der Waals surface area contributed by atoms with Crippen LogP contribution >= 0.6 is 11.6 Å². The first-order valence-electron chi connectivity index (χ1n) is 17.2. The number of allylic oxidation sites excluding steroid dienone is 2. The van der Waals surface area contributed by atoms with Crippen molar-refractivity contribution in [1.29, 1.82) is 0 Å². The number of carbonyl (C=O) groups is 4. The number of phenols is 1. The topological polar surface area (TPSA) is 107 Å². The van der Waals surface area contributed by atoms with Crippen molar-refractivity contribution in [2.45, 2.75) is 44.4 Å². The second kappa shape index (κ2) is 12.2. The van der Waals surface area contributed by atoms with Gasteiger partial charge in [0.2, 0.25) is 11.8 Å². The molecule has 2 N–H and O–H groups in total. The van der Waals surface area contributed by atoms with E-state index in [0.717, 1.165) is 22.6 Å². The number of nitrogens with one attached hydrogen (secondary N) is 1. The fourth-order valence-electron chi connectivity index (χ4n) is 9.02. The molecule has 2 saturated heterocycles. The first-order valence-corrected chi connectivity index (χ1v) is 17.5. The molecule has 8 nitrogen and oxygen atoms in total. The number of hydrazine groups is 1. The Hall–Kier alpha value is -5.28. The molecule has 258 valence electrons. The molecule has 8 rings (SSSR count). The Bertz CT molecular complexity index is 2130. The van der Waals surface area contributed by atoms with Gasteiger partial charge in [-0.2, -0.15) is 5.01 Å². The van der Waals surface area contributed by atoms with E-state index >= 15 is 4.79 Å². The molecule has 10 heteroatoms. The second-order valence-corrected chi connectivity index (χ2v) is 14.4. The molecule has 4 aromatic rings. The maximum atomic E-state index is 15.2. The van der Waals surface area contributed by atoms with Crippen molar-refractivity contribution in [3.05, 3.63) is 136 Å². The van der Waals surface area contributed by atoms with Gasteiger partial charge in [0, 0.05) is 10.9 Å². The third kappa shape index (κ3) is 4.93. The number of fused-ring (bicyclic) bond motifs is 4. The molecule has 0 unspecified atom stereocenters. The quantitative estimate of drug-likeness (QED) is 0.162. The summed E-state index contributed by atoms with van der Waals surface area (Å²) < 4.78 is 13.9. The number of carbonyl (C=O) groups excluding carboxylic acids is 4. The summed E-state index contributed by atoms with van der Waals surface area (Å²) in [4.78, 5) is 59.7. The van der Waals surface area contributed by atoms with Gasteiger partial charge in [0.05, 0.1) is 34.5 Å². The predicted molar refractivity (Wildman–Crippen MR) is 190 cm³/mol. The highest BCUT2D eigenvalue weighted by Crippen LogP contribution is 2.64. The van der Waals surface area contributed by atoms with E-state index < -0.39 is 52.6 Å². The van der Waals surface area contributed by atoms with Gasteiger partial charge in [0.25, 0.3) is 11.8 Å². The number of rotatable bonds is 6. The summed E-state index contributed by atoms with van der Waals surface area (Å²) in [7, 11) is 0. The number of imide groups is 2. The molecule has 6 atom stereocenters. The number of anilines is 2. The second-order valence-electron chi connectivity index (χ2n) is 14.0. The van der Waals surface area contributed by atoms with Crippen molar-refractivity contribution in [1.82, 2.24) is 5.01 Å². The molecule has 4 aliphatic rings. The number of aromatic hydroxyl groups is 1. The van der Waals surface area contributed by atoms with Crippen molar-refractivity contribution >= 4 is 46.6 Å². The molecule has 0 spiro atoms. The molecule has 3 fully saturated rings. The number of amides is 4. The highest BCUT2D eigenvalue weighted by Gasteiger charge is 2.70. The first-order chi connectivity index (χ1) is 24.5. The normalized spacial score (nSPS) is 26.9. The average Bonchev–Trinajstić information content (AvgIpc) is 3.51. The minimum Gasteiger partial charge on any atom is -0.508 e. The third-order valence-corrected chi connectivity index (χ3v) is 11.7. The van der Waals surface area contributed by atoms with Gasteiger partial charge in [-0.3, -0.25) is 29.5 Å². The van der Waals surface area contributed by atoms with Crippen molar-refractivity contribution in [3.8, 4) is 5.75 Å². The van der Waals surface area contributed by atoms with Crippen molar-refractivity contribution < 1.29 is 28.7 Å². The van der Waals surface area contributed by atoms with Gasteiger partial charge in [0.1, 0.15) is 11.6 Å². The van der Waals surface area contributed by atoms with E-state index in [1.165, 1.54) is 29.2 Å². The fourth-order valence-corrected chi connectivity index (χ4v) is 9.15. The third-order valence-electron chi connectivity index (χ3n) is 11.4. The van der Waals surface area contributed by atoms with Crippen LogP contribution in [0, 0.1) is 36.4 Å². The van der Waals surface area contributed by atoms with Crippen LogP contribution in [-0.2, 0) is 31.0 Å². The lowest BCUT2D eigenvalue weighted by molar-refractivity contribution is -0.138. The SMILES string of the molecule is CCc1ccc(N2C(=O)[C@H]3[C@H](CC=C4[C@H]3C[C@H]3C(=O)N(Nc5ccc(F)cc5)C(=O)[C@@]3(c3ccc(Cl)cc3)[C@H]4c3ccc(O)c(C)c3)C2=O)cc1. The fraction of sp³-hybridized carbons (Fsp3) is 0.268. The molecule has 0 bridgehead atoms. The number of aryl methyl sites for hydroxylation is 2. The van der Waals surface area contributed by atoms with Gasteiger partial charge in [0.15, 0.2) is 0 Å². The predicted octanol–water partition coefficient (Wildman–Crippen LogP) is 7.25. The summed E-state index contributed by atoms with van der Waals surface area (Å²) in [5.41, 5.74) is 6.05. The molecular formula is C41H35ClFN3O5. The van der Waals surface area contributed by atoms with Crippen LogP contribution in [0.5, 0.6) is 5.75 Å². The van der Waals surface area contributed by atoms with E-state index in [1.54, 1.807) is 55.5 Å². The Morgan fingerprint density at radius 1 is 0.882 bits per heavy atom. The van der Waals surface area contributed by atoms with Gasteiger partial charge in [-0.15, -0.1) is 0 Å². The summed E-state index contributed by atoms with van der Waals surface area (Å²) in [5.74, 6) is -5.59. The van der Waals surface area contributed by atoms with Crippen LogP contribution in [-0.4, -0.2) is 33.7 Å². The van der Waals surface area contributed by atoms with Crippen LogP contribution in [0.4, 0.5) is 15.8 Å². The Kier molecular flexibility index (Phi) is 7.87. The van der Waals surface area contributed by atoms with Gasteiger partial charge in [-0.05, 0) is 109 Å². The van der Waals surface area contributed by atoms with Crippen LogP contribution in [0.25, 0.3) is 0 Å². The maximum absolute atomic E-state index is 15.2. The number of hydrogen-bond acceptors (Lipinski definition) is 6. The van der Waals surface area contributed by atoms with E-state index in [0.29, 0.717) is 39.5 Å². The van der Waals surface area contributed by atoms with E-state index in [9.17, 15) is 23.9 Å². The lowest BCUT2D eigenvalue weighted by atomic mass is 9.49. The summed E-state index contributed by atoms with van der Waals surface area (Å²) >= 11 is 6.36. The number of nitrogens with zero attached hydrogens (tertiary/aromatic N) is 2. The molecule has 1 saturated carbocycles. The zero-order valence-corrected chi connectivity index (χ0v) is 28.7. The summed E-state index contributed by atoms with van der Waals surface area (Å²) in [6.45, 7) is 3.80. The zero-order chi connectivity index (χ0) is 35.8. The highest BCUT2D eigenvalue weighted by atomic mass is 35.5. The molecule has 4 aromatic carbocycles. The minimum atomic E-state index is -1.49. The zero-order valence-electron chi connectivity index (χ0n) is 28.0. The maximum Gasteiger partial charge on any atom is 0.260 e. The van der Waals surface area contributed by atoms with Crippen LogP contribution in [0.1, 0.15) is 47.9 Å². The molecule has 2 aliphatic carbocycles. The van der Waals surface area contributed by atoms with Gasteiger partial charge in [-0.25, -0.2) is 4.39 Å². The van der Waals surface area contributed by atoms with Crippen molar-refractivity contribution in [2.75, 3.05) is 10.3 Å². The van der Waals surface area contributed by atoms with Crippen LogP contribution < -0.4 is 10.3 Å². The monoisotopic (exact) mass is 703 g/mol. The number of halogens is 2. The number of hydrogen-bond donors (Lipinski definition) is 2. The van der Waals surface area contributed by atoms with Gasteiger partial charge >= 0.3 is 0 Å². The average molecular weight is 704 g/mol. The number of phenolic OH excluding ortho intramolecular Hbond substituents is 1. The van der Waals surface area contributed by atoms with Crippen molar-refractivity contribution in [3.63, 3.8) is 0 Å². The Labute approximate surface area is 299 Å². The Morgan fingerprint density at radius 3 is 2.25 bits per heavy atom. The minimum absolute atomic E-state index is 0.0793. The molecule has 2 aliphatic heterocycles. The number of benzene rings is 4.